The van der Waals surface area contributed by atoms with Gasteiger partial charge in [0.15, 0.2) is 0 Å². The number of allylic oxidation sites excluding steroid dienone is 2. The van der Waals surface area contributed by atoms with Crippen LogP contribution in [0.15, 0.2) is 24.8 Å². The van der Waals surface area contributed by atoms with E-state index in [2.05, 4.69) is 6.58 Å². The smallest absolute Gasteiger partial charge is 1.00 e. The molecule has 0 heterocycles. The van der Waals surface area contributed by atoms with E-state index in [0.717, 1.165) is 6.08 Å². The van der Waals surface area contributed by atoms with Crippen molar-refractivity contribution in [1.82, 2.24) is 0 Å². The summed E-state index contributed by atoms with van der Waals surface area (Å²) in [6, 6.07) is 0. The molecule has 0 atom stereocenters. The summed E-state index contributed by atoms with van der Waals surface area (Å²) in [6.45, 7) is 3.28. The van der Waals surface area contributed by atoms with Crippen molar-refractivity contribution in [3.05, 3.63) is 24.8 Å². The zero-order chi connectivity index (χ0) is 5.70. The van der Waals surface area contributed by atoms with E-state index in [-0.39, 0.29) is 52.8 Å². The quantitative estimate of drug-likeness (QED) is 0.270. The van der Waals surface area contributed by atoms with Gasteiger partial charge in [-0.15, -0.1) is 0 Å². The van der Waals surface area contributed by atoms with Crippen LogP contribution in [0.5, 0.6) is 0 Å². The van der Waals surface area contributed by atoms with Gasteiger partial charge < -0.3 is 6.53 Å². The maximum absolute atomic E-state index is 9.62. The molecule has 0 saturated heterocycles. The van der Waals surface area contributed by atoms with E-state index in [9.17, 15) is 4.79 Å². The maximum atomic E-state index is 9.62. The normalized spacial score (nSPS) is 8.00. The second-order valence-corrected chi connectivity index (χ2v) is 0.933. The number of carboxylic acid groups (broad SMARTS) is 1. The average Bonchev–Trinajstić information content (AvgIpc) is 1.61. The Balaban J connectivity index is -0.000000180. The fourth-order valence-electron chi connectivity index (χ4n) is 0.150. The summed E-state index contributed by atoms with van der Waals surface area (Å²) in [6.07, 6.45) is 3.80. The Labute approximate surface area is 92.2 Å². The van der Waals surface area contributed by atoms with Gasteiger partial charge in [-0.25, -0.2) is 4.79 Å². The Morgan fingerprint density at radius 3 is 2.38 bits per heavy atom. The number of rotatable bonds is 2. The molecule has 8 heavy (non-hydrogen) atoms. The maximum Gasteiger partial charge on any atom is 1.00 e. The van der Waals surface area contributed by atoms with E-state index < -0.39 is 5.97 Å². The van der Waals surface area contributed by atoms with E-state index in [1.54, 1.807) is 0 Å². The largest absolute Gasteiger partial charge is 1.00 e. The minimum atomic E-state index is -0.945. The van der Waals surface area contributed by atoms with Crippen LogP contribution in [0.4, 0.5) is 0 Å². The number of aliphatic carboxylic acids is 1. The fourth-order valence-corrected chi connectivity index (χ4v) is 0.150. The summed E-state index contributed by atoms with van der Waals surface area (Å²) in [5.74, 6) is -0.945. The van der Waals surface area contributed by atoms with Crippen molar-refractivity contribution in [3.8, 4) is 0 Å². The molecular weight excluding hydrogens is 131 g/mol. The molecule has 3 heteroatoms. The third kappa shape index (κ3) is 9.77. The molecule has 0 aliphatic carbocycles. The van der Waals surface area contributed by atoms with Gasteiger partial charge in [-0.1, -0.05) is 18.7 Å². The van der Waals surface area contributed by atoms with Crippen LogP contribution >= 0.6 is 0 Å². The third-order valence-corrected chi connectivity index (χ3v) is 0.375. The van der Waals surface area contributed by atoms with Crippen molar-refractivity contribution in [2.24, 2.45) is 0 Å². The first-order valence-electron chi connectivity index (χ1n) is 1.79. The summed E-state index contributed by atoms with van der Waals surface area (Å²) < 4.78 is 0. The van der Waals surface area contributed by atoms with Gasteiger partial charge in [0, 0.05) is 6.08 Å². The van der Waals surface area contributed by atoms with E-state index >= 15 is 0 Å². The zero-order valence-electron chi connectivity index (χ0n) is 5.79. The Hall–Kier alpha value is 0.586. The van der Waals surface area contributed by atoms with Gasteiger partial charge in [0.2, 0.25) is 0 Å². The van der Waals surface area contributed by atoms with Crippen LogP contribution in [0.1, 0.15) is 1.43 Å². The number of hydrogen-bond donors (Lipinski definition) is 1. The zero-order valence-corrected chi connectivity index (χ0v) is 7.92. The van der Waals surface area contributed by atoms with Crippen molar-refractivity contribution in [3.63, 3.8) is 0 Å². The minimum Gasteiger partial charge on any atom is -1.00 e. The standard InChI is InChI=1S/C5H6O2.K.H/c1-2-3-4-5(6)7;;/h2-4H,1H2,(H,6,7);;/q;+1;-1. The Morgan fingerprint density at radius 2 is 2.25 bits per heavy atom. The molecule has 0 aliphatic heterocycles. The summed E-state index contributed by atoms with van der Waals surface area (Å²) in [7, 11) is 0. The van der Waals surface area contributed by atoms with Crippen molar-refractivity contribution in [2.45, 2.75) is 0 Å². The van der Waals surface area contributed by atoms with E-state index in [1.165, 1.54) is 12.2 Å². The molecule has 0 fully saturated rings. The molecule has 0 spiro atoms. The predicted octanol–water partition coefficient (Wildman–Crippen LogP) is -2.07. The van der Waals surface area contributed by atoms with Crippen molar-refractivity contribution in [2.75, 3.05) is 0 Å². The SMILES string of the molecule is C=CC=CC(=O)O.[H-].[K+]. The number of carboxylic acids is 1. The third-order valence-electron chi connectivity index (χ3n) is 0.375. The number of carbonyl (C=O) groups is 1. The van der Waals surface area contributed by atoms with Crippen molar-refractivity contribution < 1.29 is 62.7 Å². The van der Waals surface area contributed by atoms with Gasteiger partial charge in [0.25, 0.3) is 0 Å². The summed E-state index contributed by atoms with van der Waals surface area (Å²) >= 11 is 0. The first-order valence-corrected chi connectivity index (χ1v) is 1.79. The van der Waals surface area contributed by atoms with E-state index in [0.29, 0.717) is 0 Å². The van der Waals surface area contributed by atoms with Gasteiger partial charge in [-0.3, -0.25) is 0 Å². The molecule has 2 nitrogen and oxygen atoms in total. The van der Waals surface area contributed by atoms with Gasteiger partial charge >= 0.3 is 57.4 Å². The van der Waals surface area contributed by atoms with E-state index in [1.807, 2.05) is 0 Å². The fraction of sp³-hybridized carbons (Fsp3) is 0. The molecule has 0 aliphatic rings. The Bertz CT molecular complexity index is 112. The summed E-state index contributed by atoms with van der Waals surface area (Å²) in [5.41, 5.74) is 0. The molecule has 0 unspecified atom stereocenters. The van der Waals surface area contributed by atoms with Crippen molar-refractivity contribution >= 4 is 5.97 Å². The van der Waals surface area contributed by atoms with Crippen LogP contribution < -0.4 is 51.4 Å². The van der Waals surface area contributed by atoms with Crippen LogP contribution in [-0.4, -0.2) is 11.1 Å². The van der Waals surface area contributed by atoms with Crippen LogP contribution in [0.2, 0.25) is 0 Å². The van der Waals surface area contributed by atoms with Crippen LogP contribution in [0, 0.1) is 0 Å². The second kappa shape index (κ2) is 7.59. The van der Waals surface area contributed by atoms with Gasteiger partial charge in [-0.05, 0) is 0 Å². The molecule has 0 bridgehead atoms. The molecule has 0 amide bonds. The van der Waals surface area contributed by atoms with Crippen molar-refractivity contribution in [1.29, 1.82) is 0 Å². The topological polar surface area (TPSA) is 37.3 Å². The molecule has 0 saturated carbocycles. The molecule has 0 radical (unpaired) electrons. The molecule has 1 N–H and O–H groups in total. The first kappa shape index (κ1) is 11.4. The molecule has 0 aromatic heterocycles. The first-order chi connectivity index (χ1) is 3.27. The van der Waals surface area contributed by atoms with E-state index in [4.69, 9.17) is 5.11 Å². The van der Waals surface area contributed by atoms with Gasteiger partial charge in [0.1, 0.15) is 0 Å². The van der Waals surface area contributed by atoms with Gasteiger partial charge in [-0.2, -0.15) is 0 Å². The Morgan fingerprint density at radius 1 is 1.75 bits per heavy atom. The van der Waals surface area contributed by atoms with Crippen LogP contribution in [0.3, 0.4) is 0 Å². The average molecular weight is 138 g/mol. The summed E-state index contributed by atoms with van der Waals surface area (Å²) in [5, 5.41) is 7.91. The molecule has 0 aromatic rings. The predicted molar refractivity (Wildman–Crippen MR) is 28.1 cm³/mol. The molecule has 0 rings (SSSR count). The summed E-state index contributed by atoms with van der Waals surface area (Å²) in [4.78, 5) is 9.62. The monoisotopic (exact) mass is 138 g/mol. The molecular formula is C5H7KO2. The van der Waals surface area contributed by atoms with Crippen LogP contribution in [0.25, 0.3) is 0 Å². The minimum absolute atomic E-state index is 0. The molecule has 0 aromatic carbocycles. The van der Waals surface area contributed by atoms with Crippen LogP contribution in [-0.2, 0) is 4.79 Å². The van der Waals surface area contributed by atoms with Gasteiger partial charge in [0.05, 0.1) is 0 Å². The number of hydrogen-bond acceptors (Lipinski definition) is 1. The molecule has 40 valence electrons. The second-order valence-electron chi connectivity index (χ2n) is 0.933. The Kier molecular flexibility index (Phi) is 10.8.